The Kier molecular flexibility index (Phi) is 6.68. The van der Waals surface area contributed by atoms with E-state index in [1.165, 1.54) is 0 Å². The van der Waals surface area contributed by atoms with Crippen LogP contribution in [-0.2, 0) is 8.26 Å². The Balaban J connectivity index is 0.000000383. The molecule has 0 aromatic heterocycles. The van der Waals surface area contributed by atoms with E-state index in [2.05, 4.69) is 21.4 Å². The molecule has 2 aromatic carbocycles. The molecule has 2 rings (SSSR count). The van der Waals surface area contributed by atoms with Gasteiger partial charge in [0.05, 0.1) is 7.11 Å². The number of methoxy groups -OCH3 is 1. The fourth-order valence-electron chi connectivity index (χ4n) is 1.50. The third-order valence-electron chi connectivity index (χ3n) is 2.39. The average molecular weight is 347 g/mol. The van der Waals surface area contributed by atoms with Crippen LogP contribution in [0, 0.1) is 0 Å². The van der Waals surface area contributed by atoms with Crippen molar-refractivity contribution in [1.29, 1.82) is 0 Å². The largest absolute Gasteiger partial charge is 0.497 e. The maximum Gasteiger partial charge on any atom is 0.317 e. The lowest BCUT2D eigenvalue weighted by Crippen LogP contribution is -2.00. The van der Waals surface area contributed by atoms with Gasteiger partial charge in [0.25, 0.3) is 0 Å². The van der Waals surface area contributed by atoms with E-state index in [-0.39, 0.29) is 5.78 Å². The number of ether oxygens (including phenoxy) is 1. The van der Waals surface area contributed by atoms with Crippen molar-refractivity contribution in [2.45, 2.75) is 0 Å². The van der Waals surface area contributed by atoms with E-state index >= 15 is 0 Å². The minimum Gasteiger partial charge on any atom is -0.497 e. The fourth-order valence-corrected chi connectivity index (χ4v) is 1.50. The first-order valence-electron chi connectivity index (χ1n) is 5.69. The predicted molar refractivity (Wildman–Crippen MR) is 83.5 cm³/mol. The van der Waals surface area contributed by atoms with Crippen molar-refractivity contribution >= 4 is 35.4 Å². The number of ketones is 1. The Morgan fingerprint density at radius 1 is 0.905 bits per heavy atom. The van der Waals surface area contributed by atoms with E-state index in [0.717, 1.165) is 5.75 Å². The van der Waals surface area contributed by atoms with Gasteiger partial charge in [-0.15, -0.1) is 0 Å². The van der Waals surface area contributed by atoms with E-state index in [1.54, 1.807) is 31.4 Å². The molecule has 0 aliphatic heterocycles. The molecule has 0 fully saturated rings. The van der Waals surface area contributed by atoms with Gasteiger partial charge in [-0.05, 0) is 24.3 Å². The van der Waals surface area contributed by atoms with E-state index in [4.69, 9.17) is 13.2 Å². The lowest BCUT2D eigenvalue weighted by Gasteiger charge is -2.02. The average Bonchev–Trinajstić information content (AvgIpc) is 2.46. The highest BCUT2D eigenvalue weighted by Crippen LogP contribution is 2.14. The number of rotatable bonds is 3. The molecule has 112 valence electrons. The Morgan fingerprint density at radius 3 is 1.76 bits per heavy atom. The summed E-state index contributed by atoms with van der Waals surface area (Å²) in [5.74, 6) is 0.785. The van der Waals surface area contributed by atoms with E-state index in [9.17, 15) is 4.79 Å². The zero-order chi connectivity index (χ0) is 15.9. The molecule has 0 atom stereocenters. The molecule has 0 N–H and O–H groups in total. The number of hydrogen-bond donors (Lipinski definition) is 0. The third kappa shape index (κ3) is 7.13. The van der Waals surface area contributed by atoms with Crippen LogP contribution in [0.4, 0.5) is 0 Å². The maximum absolute atomic E-state index is 12.0. The zero-order valence-electron chi connectivity index (χ0n) is 11.0. The van der Waals surface area contributed by atoms with Crippen LogP contribution >= 0.6 is 21.4 Å². The van der Waals surface area contributed by atoms with Crippen molar-refractivity contribution in [2.75, 3.05) is 7.11 Å². The number of hydrogen-bond acceptors (Lipinski definition) is 4. The standard InChI is InChI=1S/C14H12O2.Cl2O2S/c1-16-13-9-7-12(8-10-13)14(15)11-5-3-2-4-6-11;1-5(2,3)4/h2-10H,1H3;. The quantitative estimate of drug-likeness (QED) is 0.628. The van der Waals surface area contributed by atoms with Crippen LogP contribution in [0.25, 0.3) is 0 Å². The summed E-state index contributed by atoms with van der Waals surface area (Å²) in [6.45, 7) is 0. The number of carbonyl (C=O) groups excluding carboxylic acids is 1. The molecule has 0 bridgehead atoms. The third-order valence-corrected chi connectivity index (χ3v) is 2.39. The molecule has 0 spiro atoms. The molecular weight excluding hydrogens is 335 g/mol. The van der Waals surface area contributed by atoms with E-state index in [0.29, 0.717) is 11.1 Å². The molecule has 7 heteroatoms. The Hall–Kier alpha value is -1.56. The van der Waals surface area contributed by atoms with Crippen LogP contribution in [0.5, 0.6) is 5.75 Å². The van der Waals surface area contributed by atoms with Gasteiger partial charge in [0.15, 0.2) is 5.78 Å². The molecule has 0 aliphatic carbocycles. The highest BCUT2D eigenvalue weighted by molar-refractivity contribution is 8.31. The van der Waals surface area contributed by atoms with Crippen molar-refractivity contribution in [3.63, 3.8) is 0 Å². The van der Waals surface area contributed by atoms with Crippen molar-refractivity contribution in [1.82, 2.24) is 0 Å². The summed E-state index contributed by atoms with van der Waals surface area (Å²) in [4.78, 5) is 12.0. The fraction of sp³-hybridized carbons (Fsp3) is 0.0714. The number of carbonyl (C=O) groups is 1. The second kappa shape index (κ2) is 8.02. The Labute approximate surface area is 132 Å². The Bertz CT molecular complexity index is 675. The second-order valence-electron chi connectivity index (χ2n) is 3.80. The van der Waals surface area contributed by atoms with Gasteiger partial charge in [0, 0.05) is 32.5 Å². The smallest absolute Gasteiger partial charge is 0.317 e. The van der Waals surface area contributed by atoms with Crippen molar-refractivity contribution in [2.24, 2.45) is 0 Å². The van der Waals surface area contributed by atoms with Crippen molar-refractivity contribution in [3.05, 3.63) is 65.7 Å². The molecule has 2 aromatic rings. The summed E-state index contributed by atoms with van der Waals surface area (Å²) in [5, 5.41) is 0. The summed E-state index contributed by atoms with van der Waals surface area (Å²) in [6, 6.07) is 16.4. The van der Waals surface area contributed by atoms with Gasteiger partial charge >= 0.3 is 8.26 Å². The number of benzene rings is 2. The van der Waals surface area contributed by atoms with Gasteiger partial charge in [0.2, 0.25) is 0 Å². The SMILES string of the molecule is COc1ccc(C(=O)c2ccccc2)cc1.O=S(=O)(Cl)Cl. The predicted octanol–water partition coefficient (Wildman–Crippen LogP) is 3.64. The lowest BCUT2D eigenvalue weighted by molar-refractivity contribution is 0.103. The second-order valence-corrected chi connectivity index (χ2v) is 7.47. The van der Waals surface area contributed by atoms with Crippen LogP contribution in [0.3, 0.4) is 0 Å². The lowest BCUT2D eigenvalue weighted by atomic mass is 10.0. The monoisotopic (exact) mass is 346 g/mol. The van der Waals surface area contributed by atoms with Gasteiger partial charge < -0.3 is 4.74 Å². The van der Waals surface area contributed by atoms with Gasteiger partial charge in [0.1, 0.15) is 5.75 Å². The molecule has 4 nitrogen and oxygen atoms in total. The molecular formula is C14H12Cl2O4S. The summed E-state index contributed by atoms with van der Waals surface area (Å²) in [7, 11) is 6.42. The summed E-state index contributed by atoms with van der Waals surface area (Å²) >= 11 is 0. The minimum absolute atomic E-state index is 0.0308. The highest BCUT2D eigenvalue weighted by atomic mass is 36.0. The first-order chi connectivity index (χ1) is 9.81. The summed E-state index contributed by atoms with van der Waals surface area (Å²) < 4.78 is 23.4. The van der Waals surface area contributed by atoms with Gasteiger partial charge in [-0.25, -0.2) is 0 Å². The summed E-state index contributed by atoms with van der Waals surface area (Å²) in [5.41, 5.74) is 1.37. The normalized spacial score (nSPS) is 10.2. The summed E-state index contributed by atoms with van der Waals surface area (Å²) in [6.07, 6.45) is 0. The van der Waals surface area contributed by atoms with Crippen LogP contribution in [0.15, 0.2) is 54.6 Å². The molecule has 0 amide bonds. The van der Waals surface area contributed by atoms with Crippen LogP contribution in [0.2, 0.25) is 0 Å². The van der Waals surface area contributed by atoms with Crippen LogP contribution < -0.4 is 4.74 Å². The molecule has 0 saturated heterocycles. The van der Waals surface area contributed by atoms with Gasteiger partial charge in [-0.2, -0.15) is 8.42 Å². The first-order valence-corrected chi connectivity index (χ1v) is 8.83. The highest BCUT2D eigenvalue weighted by Gasteiger charge is 2.07. The van der Waals surface area contributed by atoms with E-state index < -0.39 is 8.26 Å². The van der Waals surface area contributed by atoms with Crippen molar-refractivity contribution < 1.29 is 17.9 Å². The molecule has 0 saturated carbocycles. The minimum atomic E-state index is -3.72. The molecule has 0 unspecified atom stereocenters. The van der Waals surface area contributed by atoms with E-state index in [1.807, 2.05) is 30.3 Å². The van der Waals surface area contributed by atoms with Crippen LogP contribution in [-0.4, -0.2) is 21.3 Å². The molecule has 0 aliphatic rings. The van der Waals surface area contributed by atoms with Gasteiger partial charge in [-0.3, -0.25) is 4.79 Å². The maximum atomic E-state index is 12.0. The molecule has 0 heterocycles. The van der Waals surface area contributed by atoms with Crippen molar-refractivity contribution in [3.8, 4) is 5.75 Å². The van der Waals surface area contributed by atoms with Crippen LogP contribution in [0.1, 0.15) is 15.9 Å². The van der Waals surface area contributed by atoms with Gasteiger partial charge in [-0.1, -0.05) is 30.3 Å². The molecule has 0 radical (unpaired) electrons. The number of halogens is 2. The Morgan fingerprint density at radius 2 is 1.33 bits per heavy atom. The topological polar surface area (TPSA) is 60.4 Å². The first kappa shape index (κ1) is 17.5. The molecule has 21 heavy (non-hydrogen) atoms. The zero-order valence-corrected chi connectivity index (χ0v) is 13.3.